The second-order valence-electron chi connectivity index (χ2n) is 9.32. The predicted octanol–water partition coefficient (Wildman–Crippen LogP) is 1.89. The number of carbonyl (C=O) groups excluding carboxylic acids is 4. The maximum atomic E-state index is 13.2. The van der Waals surface area contributed by atoms with Crippen LogP contribution in [-0.4, -0.2) is 65.9 Å². The molecule has 0 radical (unpaired) electrons. The summed E-state index contributed by atoms with van der Waals surface area (Å²) in [6.07, 6.45) is 3.60. The SMILES string of the molecule is C=C1N[C@@H](CCCCOC(=O)c2ccccc2)C(=O)N[C@@](C)(CC)C(=O)NCC(=O)N2CCC[C@H]12. The lowest BCUT2D eigenvalue weighted by Crippen LogP contribution is -2.62. The van der Waals surface area contributed by atoms with Gasteiger partial charge < -0.3 is 25.6 Å². The van der Waals surface area contributed by atoms with Crippen LogP contribution in [0.25, 0.3) is 0 Å². The Morgan fingerprint density at radius 3 is 2.66 bits per heavy atom. The first-order valence-corrected chi connectivity index (χ1v) is 12.3. The number of nitrogens with one attached hydrogen (secondary N) is 3. The summed E-state index contributed by atoms with van der Waals surface area (Å²) in [4.78, 5) is 52.7. The van der Waals surface area contributed by atoms with Crippen molar-refractivity contribution in [2.75, 3.05) is 19.7 Å². The maximum Gasteiger partial charge on any atom is 0.338 e. The van der Waals surface area contributed by atoms with Gasteiger partial charge in [-0.2, -0.15) is 0 Å². The van der Waals surface area contributed by atoms with E-state index in [1.165, 1.54) is 0 Å². The molecule has 0 spiro atoms. The van der Waals surface area contributed by atoms with Crippen molar-refractivity contribution in [3.63, 3.8) is 0 Å². The Kier molecular flexibility index (Phi) is 8.89. The van der Waals surface area contributed by atoms with Gasteiger partial charge in [-0.15, -0.1) is 0 Å². The minimum absolute atomic E-state index is 0.112. The topological polar surface area (TPSA) is 117 Å². The van der Waals surface area contributed by atoms with Gasteiger partial charge in [-0.25, -0.2) is 4.79 Å². The molecule has 3 amide bonds. The van der Waals surface area contributed by atoms with Crippen molar-refractivity contribution < 1.29 is 23.9 Å². The highest BCUT2D eigenvalue weighted by molar-refractivity contribution is 5.95. The molecule has 35 heavy (non-hydrogen) atoms. The molecule has 3 N–H and O–H groups in total. The van der Waals surface area contributed by atoms with Crippen LogP contribution in [0.3, 0.4) is 0 Å². The summed E-state index contributed by atoms with van der Waals surface area (Å²) in [6, 6.07) is 7.93. The molecule has 2 heterocycles. The van der Waals surface area contributed by atoms with E-state index in [-0.39, 0.29) is 42.9 Å². The van der Waals surface area contributed by atoms with Crippen molar-refractivity contribution in [2.24, 2.45) is 0 Å². The van der Waals surface area contributed by atoms with E-state index in [2.05, 4.69) is 22.5 Å². The number of hydrogen-bond donors (Lipinski definition) is 3. The van der Waals surface area contributed by atoms with Crippen LogP contribution in [0.1, 0.15) is 62.7 Å². The molecule has 2 saturated heterocycles. The van der Waals surface area contributed by atoms with Crippen LogP contribution in [-0.2, 0) is 19.1 Å². The Morgan fingerprint density at radius 1 is 1.20 bits per heavy atom. The first-order chi connectivity index (χ1) is 16.7. The van der Waals surface area contributed by atoms with Gasteiger partial charge >= 0.3 is 5.97 Å². The number of hydrogen-bond acceptors (Lipinski definition) is 6. The number of esters is 1. The summed E-state index contributed by atoms with van der Waals surface area (Å²) in [6.45, 7) is 8.32. The monoisotopic (exact) mass is 484 g/mol. The summed E-state index contributed by atoms with van der Waals surface area (Å²) in [5.74, 6) is -1.23. The lowest BCUT2D eigenvalue weighted by Gasteiger charge is -2.34. The molecular weight excluding hydrogens is 448 g/mol. The van der Waals surface area contributed by atoms with E-state index in [1.54, 1.807) is 36.1 Å². The van der Waals surface area contributed by atoms with Crippen molar-refractivity contribution >= 4 is 23.7 Å². The maximum absolute atomic E-state index is 13.2. The Morgan fingerprint density at radius 2 is 1.94 bits per heavy atom. The zero-order valence-electron chi connectivity index (χ0n) is 20.6. The molecule has 0 saturated carbocycles. The van der Waals surface area contributed by atoms with Crippen molar-refractivity contribution in [1.29, 1.82) is 0 Å². The highest BCUT2D eigenvalue weighted by atomic mass is 16.5. The fourth-order valence-corrected chi connectivity index (χ4v) is 4.41. The van der Waals surface area contributed by atoms with Gasteiger partial charge in [0.05, 0.1) is 24.8 Å². The van der Waals surface area contributed by atoms with E-state index in [0.717, 1.165) is 12.8 Å². The second-order valence-corrected chi connectivity index (χ2v) is 9.32. The lowest BCUT2D eigenvalue weighted by molar-refractivity contribution is -0.137. The largest absolute Gasteiger partial charge is 0.462 e. The quantitative estimate of drug-likeness (QED) is 0.402. The second kappa shape index (κ2) is 11.9. The normalized spacial score (nSPS) is 25.5. The molecule has 190 valence electrons. The molecule has 0 bridgehead atoms. The smallest absolute Gasteiger partial charge is 0.338 e. The molecular formula is C26H36N4O5. The van der Waals surface area contributed by atoms with Crippen LogP contribution < -0.4 is 16.0 Å². The first-order valence-electron chi connectivity index (χ1n) is 12.3. The Bertz CT molecular complexity index is 950. The third-order valence-corrected chi connectivity index (χ3v) is 6.79. The fourth-order valence-electron chi connectivity index (χ4n) is 4.41. The van der Waals surface area contributed by atoms with Crippen LogP contribution in [0.15, 0.2) is 42.6 Å². The Hall–Kier alpha value is -3.36. The van der Waals surface area contributed by atoms with Gasteiger partial charge in [-0.05, 0) is 57.6 Å². The van der Waals surface area contributed by atoms with E-state index in [0.29, 0.717) is 43.5 Å². The highest BCUT2D eigenvalue weighted by Gasteiger charge is 2.38. The lowest BCUT2D eigenvalue weighted by atomic mass is 9.96. The molecule has 0 unspecified atom stereocenters. The zero-order valence-corrected chi connectivity index (χ0v) is 20.6. The molecule has 0 aromatic heterocycles. The third kappa shape index (κ3) is 6.61. The van der Waals surface area contributed by atoms with E-state index in [1.807, 2.05) is 13.0 Å². The molecule has 3 rings (SSSR count). The molecule has 2 fully saturated rings. The average Bonchev–Trinajstić information content (AvgIpc) is 3.36. The number of benzene rings is 1. The molecule has 2 aliphatic rings. The fraction of sp³-hybridized carbons (Fsp3) is 0.538. The number of amides is 3. The van der Waals surface area contributed by atoms with E-state index in [9.17, 15) is 19.2 Å². The molecule has 9 nitrogen and oxygen atoms in total. The number of fused-ring (bicyclic) bond motifs is 1. The van der Waals surface area contributed by atoms with Crippen molar-refractivity contribution in [1.82, 2.24) is 20.9 Å². The first kappa shape index (κ1) is 26.2. The molecule has 3 atom stereocenters. The summed E-state index contributed by atoms with van der Waals surface area (Å²) < 4.78 is 5.34. The average molecular weight is 485 g/mol. The van der Waals surface area contributed by atoms with Gasteiger partial charge in [0, 0.05) is 12.2 Å². The van der Waals surface area contributed by atoms with Crippen molar-refractivity contribution in [2.45, 2.75) is 70.0 Å². The van der Waals surface area contributed by atoms with Gasteiger partial charge in [0.1, 0.15) is 11.6 Å². The number of nitrogens with zero attached hydrogens (tertiary/aromatic N) is 1. The van der Waals surface area contributed by atoms with E-state index < -0.39 is 11.6 Å². The van der Waals surface area contributed by atoms with Gasteiger partial charge in [0.25, 0.3) is 0 Å². The molecule has 0 aliphatic carbocycles. The number of ether oxygens (including phenoxy) is 1. The van der Waals surface area contributed by atoms with Crippen LogP contribution in [0.5, 0.6) is 0 Å². The number of unbranched alkanes of at least 4 members (excludes halogenated alkanes) is 1. The van der Waals surface area contributed by atoms with Crippen molar-refractivity contribution in [3.05, 3.63) is 48.2 Å². The third-order valence-electron chi connectivity index (χ3n) is 6.79. The number of rotatable bonds is 7. The molecule has 2 aliphatic heterocycles. The molecule has 9 heteroatoms. The molecule has 1 aromatic carbocycles. The predicted molar refractivity (Wildman–Crippen MR) is 131 cm³/mol. The number of carbonyl (C=O) groups is 4. The standard InChI is InChI=1S/C26H36N4O5/c1-4-26(3)25(34)27-17-22(31)30-15-10-14-21(30)18(2)28-20(23(32)29-26)13-8-9-16-35-24(33)19-11-6-5-7-12-19/h5-7,11-12,20-21,28H,2,4,8-10,13-17H2,1,3H3,(H,27,34)(H,29,32)/t20-,21+,26-/m0/s1. The van der Waals surface area contributed by atoms with Crippen LogP contribution in [0, 0.1) is 0 Å². The van der Waals surface area contributed by atoms with Gasteiger partial charge in [0.2, 0.25) is 17.7 Å². The van der Waals surface area contributed by atoms with Crippen LogP contribution in [0.2, 0.25) is 0 Å². The van der Waals surface area contributed by atoms with Crippen molar-refractivity contribution in [3.8, 4) is 0 Å². The van der Waals surface area contributed by atoms with Gasteiger partial charge in [-0.1, -0.05) is 31.7 Å². The summed E-state index contributed by atoms with van der Waals surface area (Å²) >= 11 is 0. The van der Waals surface area contributed by atoms with Crippen LogP contribution >= 0.6 is 0 Å². The summed E-state index contributed by atoms with van der Waals surface area (Å²) in [7, 11) is 0. The molecule has 1 aromatic rings. The van der Waals surface area contributed by atoms with E-state index >= 15 is 0 Å². The highest BCUT2D eigenvalue weighted by Crippen LogP contribution is 2.23. The van der Waals surface area contributed by atoms with E-state index in [4.69, 9.17) is 4.74 Å². The Balaban J connectivity index is 1.64. The van der Waals surface area contributed by atoms with Gasteiger partial charge in [0.15, 0.2) is 0 Å². The summed E-state index contributed by atoms with van der Waals surface area (Å²) in [5.41, 5.74) is -0.0264. The summed E-state index contributed by atoms with van der Waals surface area (Å²) in [5, 5.41) is 8.81. The van der Waals surface area contributed by atoms with Gasteiger partial charge in [-0.3, -0.25) is 14.4 Å². The minimum atomic E-state index is -1.15. The zero-order chi connectivity index (χ0) is 25.4. The minimum Gasteiger partial charge on any atom is -0.462 e. The van der Waals surface area contributed by atoms with Crippen LogP contribution in [0.4, 0.5) is 0 Å². The Labute approximate surface area is 206 Å².